The highest BCUT2D eigenvalue weighted by atomic mass is 79.9. The molecule has 0 unspecified atom stereocenters. The summed E-state index contributed by atoms with van der Waals surface area (Å²) in [4.78, 5) is 5.91. The predicted molar refractivity (Wildman–Crippen MR) is 85.1 cm³/mol. The number of aryl methyl sites for hydroxylation is 1. The normalized spacial score (nSPS) is 11.3. The van der Waals surface area contributed by atoms with Gasteiger partial charge in [-0.2, -0.15) is 0 Å². The summed E-state index contributed by atoms with van der Waals surface area (Å²) >= 11 is 11.3. The zero-order valence-corrected chi connectivity index (χ0v) is 13.5. The second-order valence-corrected chi connectivity index (χ2v) is 6.55. The molecular formula is C14H12BrClN2S. The van der Waals surface area contributed by atoms with Crippen LogP contribution in [0.3, 0.4) is 0 Å². The first-order valence-electron chi connectivity index (χ1n) is 5.92. The predicted octanol–water partition coefficient (Wildman–Crippen LogP) is 4.96. The van der Waals surface area contributed by atoms with Gasteiger partial charge in [0, 0.05) is 9.35 Å². The minimum absolute atomic E-state index is 0.427. The van der Waals surface area contributed by atoms with Gasteiger partial charge in [-0.05, 0) is 52.0 Å². The quantitative estimate of drug-likeness (QED) is 0.607. The van der Waals surface area contributed by atoms with E-state index in [9.17, 15) is 0 Å². The Hall–Kier alpha value is -0.840. The lowest BCUT2D eigenvalue weighted by molar-refractivity contribution is 0.787. The van der Waals surface area contributed by atoms with Gasteiger partial charge >= 0.3 is 0 Å². The molecule has 2 heterocycles. The number of alkyl halides is 1. The van der Waals surface area contributed by atoms with Crippen LogP contribution < -0.4 is 0 Å². The molecule has 1 aromatic carbocycles. The van der Waals surface area contributed by atoms with E-state index < -0.39 is 0 Å². The number of hydrogen-bond acceptors (Lipinski definition) is 2. The summed E-state index contributed by atoms with van der Waals surface area (Å²) in [6.45, 7) is 2.88. The number of benzene rings is 1. The van der Waals surface area contributed by atoms with Crippen molar-refractivity contribution in [2.45, 2.75) is 19.3 Å². The van der Waals surface area contributed by atoms with Crippen molar-refractivity contribution in [1.29, 1.82) is 0 Å². The first-order chi connectivity index (χ1) is 9.19. The highest BCUT2D eigenvalue weighted by Crippen LogP contribution is 2.27. The largest absolute Gasteiger partial charge is 0.322 e. The van der Waals surface area contributed by atoms with Crippen LogP contribution in [0.4, 0.5) is 0 Å². The van der Waals surface area contributed by atoms with Crippen molar-refractivity contribution in [1.82, 2.24) is 9.55 Å². The van der Waals surface area contributed by atoms with Gasteiger partial charge in [-0.15, -0.1) is 22.9 Å². The van der Waals surface area contributed by atoms with E-state index in [1.165, 1.54) is 10.4 Å². The molecule has 19 heavy (non-hydrogen) atoms. The summed E-state index contributed by atoms with van der Waals surface area (Å²) in [6.07, 6.45) is 0. The lowest BCUT2D eigenvalue weighted by Crippen LogP contribution is -2.02. The lowest BCUT2D eigenvalue weighted by Gasteiger charge is -2.06. The molecule has 0 aliphatic heterocycles. The van der Waals surface area contributed by atoms with Crippen molar-refractivity contribution in [2.24, 2.45) is 0 Å². The third-order valence-corrected chi connectivity index (χ3v) is 5.25. The Morgan fingerprint density at radius 1 is 1.37 bits per heavy atom. The number of hydrogen-bond donors (Lipinski definition) is 0. The van der Waals surface area contributed by atoms with E-state index in [-0.39, 0.29) is 0 Å². The lowest BCUT2D eigenvalue weighted by atomic mass is 10.2. The van der Waals surface area contributed by atoms with Gasteiger partial charge in [0.1, 0.15) is 5.82 Å². The molecule has 0 aliphatic carbocycles. The fourth-order valence-electron chi connectivity index (χ4n) is 2.15. The van der Waals surface area contributed by atoms with Crippen molar-refractivity contribution >= 4 is 49.9 Å². The van der Waals surface area contributed by atoms with Crippen LogP contribution in [0.5, 0.6) is 0 Å². The van der Waals surface area contributed by atoms with Crippen LogP contribution in [0, 0.1) is 6.92 Å². The molecule has 98 valence electrons. The van der Waals surface area contributed by atoms with E-state index in [1.807, 2.05) is 0 Å². The minimum Gasteiger partial charge on any atom is -0.322 e. The number of nitrogens with zero attached hydrogens (tertiary/aromatic N) is 2. The molecule has 0 radical (unpaired) electrons. The molecule has 0 bridgehead atoms. The maximum atomic E-state index is 6.03. The van der Waals surface area contributed by atoms with E-state index in [4.69, 9.17) is 11.6 Å². The number of imidazole rings is 1. The molecule has 0 saturated heterocycles. The number of aromatic nitrogens is 2. The van der Waals surface area contributed by atoms with Crippen LogP contribution in [0.1, 0.15) is 16.3 Å². The van der Waals surface area contributed by atoms with Crippen molar-refractivity contribution < 1.29 is 0 Å². The minimum atomic E-state index is 0.427. The number of thiophene rings is 1. The zero-order chi connectivity index (χ0) is 13.4. The maximum Gasteiger partial charge on any atom is 0.125 e. The van der Waals surface area contributed by atoms with Crippen LogP contribution >= 0.6 is 38.9 Å². The van der Waals surface area contributed by atoms with Crippen molar-refractivity contribution in [2.75, 3.05) is 0 Å². The highest BCUT2D eigenvalue weighted by molar-refractivity contribution is 9.10. The Labute approximate surface area is 129 Å². The standard InChI is InChI=1S/C14H12BrClN2S/c1-9-2-3-12-11(6-9)17-14(7-16)18(12)8-13-10(15)4-5-19-13/h2-6H,7-8H2,1H3. The Kier molecular flexibility index (Phi) is 3.65. The molecule has 0 fully saturated rings. The molecule has 2 nitrogen and oxygen atoms in total. The van der Waals surface area contributed by atoms with Crippen LogP contribution in [0.25, 0.3) is 11.0 Å². The molecule has 0 N–H and O–H groups in total. The van der Waals surface area contributed by atoms with Crippen molar-refractivity contribution in [3.63, 3.8) is 0 Å². The summed E-state index contributed by atoms with van der Waals surface area (Å²) in [5.41, 5.74) is 3.38. The first-order valence-corrected chi connectivity index (χ1v) is 8.13. The smallest absolute Gasteiger partial charge is 0.125 e. The highest BCUT2D eigenvalue weighted by Gasteiger charge is 2.12. The van der Waals surface area contributed by atoms with Crippen molar-refractivity contribution in [3.8, 4) is 0 Å². The summed E-state index contributed by atoms with van der Waals surface area (Å²) in [5.74, 6) is 1.35. The van der Waals surface area contributed by atoms with E-state index in [0.29, 0.717) is 5.88 Å². The van der Waals surface area contributed by atoms with Crippen molar-refractivity contribution in [3.05, 3.63) is 50.4 Å². The van der Waals surface area contributed by atoms with Crippen LogP contribution in [-0.4, -0.2) is 9.55 Å². The number of rotatable bonds is 3. The van der Waals surface area contributed by atoms with Gasteiger partial charge in [-0.3, -0.25) is 0 Å². The molecule has 0 atom stereocenters. The zero-order valence-electron chi connectivity index (χ0n) is 10.4. The maximum absolute atomic E-state index is 6.03. The topological polar surface area (TPSA) is 17.8 Å². The second kappa shape index (κ2) is 5.27. The Bertz CT molecular complexity index is 732. The van der Waals surface area contributed by atoms with Crippen LogP contribution in [-0.2, 0) is 12.4 Å². The van der Waals surface area contributed by atoms with Gasteiger partial charge in [-0.25, -0.2) is 4.98 Å². The van der Waals surface area contributed by atoms with E-state index >= 15 is 0 Å². The molecule has 3 rings (SSSR count). The van der Waals surface area contributed by atoms with Gasteiger partial charge in [-0.1, -0.05) is 6.07 Å². The Morgan fingerprint density at radius 3 is 2.89 bits per heavy atom. The summed E-state index contributed by atoms with van der Waals surface area (Å²) < 4.78 is 3.34. The van der Waals surface area contributed by atoms with Gasteiger partial charge in [0.05, 0.1) is 23.5 Å². The summed E-state index contributed by atoms with van der Waals surface area (Å²) in [5, 5.41) is 2.09. The van der Waals surface area contributed by atoms with Gasteiger partial charge < -0.3 is 4.57 Å². The summed E-state index contributed by atoms with van der Waals surface area (Å²) in [7, 11) is 0. The third-order valence-electron chi connectivity index (χ3n) is 3.10. The molecular weight excluding hydrogens is 344 g/mol. The SMILES string of the molecule is Cc1ccc2c(c1)nc(CCl)n2Cc1sccc1Br. The Morgan fingerprint density at radius 2 is 2.21 bits per heavy atom. The summed E-state index contributed by atoms with van der Waals surface area (Å²) in [6, 6.07) is 8.41. The monoisotopic (exact) mass is 354 g/mol. The Balaban J connectivity index is 2.13. The second-order valence-electron chi connectivity index (χ2n) is 4.43. The molecule has 0 spiro atoms. The van der Waals surface area contributed by atoms with Crippen LogP contribution in [0.15, 0.2) is 34.1 Å². The molecule has 3 aromatic rings. The average Bonchev–Trinajstić information content (AvgIpc) is 2.94. The first kappa shape index (κ1) is 13.2. The van der Waals surface area contributed by atoms with Crippen LogP contribution in [0.2, 0.25) is 0 Å². The average molecular weight is 356 g/mol. The van der Waals surface area contributed by atoms with Gasteiger partial charge in [0.25, 0.3) is 0 Å². The molecule has 0 saturated carbocycles. The molecule has 0 amide bonds. The fraction of sp³-hybridized carbons (Fsp3) is 0.214. The fourth-order valence-corrected chi connectivity index (χ4v) is 3.82. The molecule has 5 heteroatoms. The van der Waals surface area contributed by atoms with E-state index in [2.05, 4.69) is 62.1 Å². The van der Waals surface area contributed by atoms with Gasteiger partial charge in [0.15, 0.2) is 0 Å². The number of halogens is 2. The van der Waals surface area contributed by atoms with Gasteiger partial charge in [0.2, 0.25) is 0 Å². The van der Waals surface area contributed by atoms with E-state index in [0.717, 1.165) is 27.9 Å². The molecule has 2 aromatic heterocycles. The molecule has 0 aliphatic rings. The third kappa shape index (κ3) is 2.45. The number of fused-ring (bicyclic) bond motifs is 1. The van der Waals surface area contributed by atoms with E-state index in [1.54, 1.807) is 11.3 Å².